The fraction of sp³-hybridized carbons (Fsp3) is 0.300. The highest BCUT2D eigenvalue weighted by Crippen LogP contribution is 2.20. The lowest BCUT2D eigenvalue weighted by atomic mass is 10.2. The van der Waals surface area contributed by atoms with E-state index in [-0.39, 0.29) is 11.6 Å². The van der Waals surface area contributed by atoms with Crippen molar-refractivity contribution < 1.29 is 12.8 Å². The van der Waals surface area contributed by atoms with Crippen LogP contribution in [0.3, 0.4) is 0 Å². The van der Waals surface area contributed by atoms with Crippen molar-refractivity contribution in [3.63, 3.8) is 0 Å². The van der Waals surface area contributed by atoms with Gasteiger partial charge in [-0.3, -0.25) is 0 Å². The van der Waals surface area contributed by atoms with E-state index in [1.807, 2.05) is 42.1 Å². The number of sulfonamides is 1. The van der Waals surface area contributed by atoms with Crippen LogP contribution in [0.15, 0.2) is 54.9 Å². The lowest BCUT2D eigenvalue weighted by Gasteiger charge is -2.34. The summed E-state index contributed by atoms with van der Waals surface area (Å²) in [4.78, 5) is 11.1. The molecule has 152 valence electrons. The first-order valence-electron chi connectivity index (χ1n) is 9.37. The summed E-state index contributed by atoms with van der Waals surface area (Å²) in [5, 5.41) is 0. The predicted molar refractivity (Wildman–Crippen MR) is 109 cm³/mol. The van der Waals surface area contributed by atoms with E-state index >= 15 is 0 Å². The Morgan fingerprint density at radius 3 is 2.24 bits per heavy atom. The normalized spacial score (nSPS) is 15.6. The summed E-state index contributed by atoms with van der Waals surface area (Å²) in [6.45, 7) is 3.70. The summed E-state index contributed by atoms with van der Waals surface area (Å²) in [7, 11) is -3.46. The van der Waals surface area contributed by atoms with Gasteiger partial charge in [0.25, 0.3) is 0 Å². The number of aromatic nitrogens is 3. The highest BCUT2D eigenvalue weighted by Gasteiger charge is 2.28. The maximum Gasteiger partial charge on any atom is 0.218 e. The fourth-order valence-electron chi connectivity index (χ4n) is 3.40. The fourth-order valence-corrected chi connectivity index (χ4v) is 4.91. The van der Waals surface area contributed by atoms with Gasteiger partial charge < -0.3 is 9.47 Å². The van der Waals surface area contributed by atoms with E-state index in [0.717, 1.165) is 11.6 Å². The number of anilines is 1. The summed E-state index contributed by atoms with van der Waals surface area (Å²) in [6.07, 6.45) is 3.84. The van der Waals surface area contributed by atoms with Gasteiger partial charge in [-0.25, -0.2) is 22.8 Å². The highest BCUT2D eigenvalue weighted by molar-refractivity contribution is 7.88. The second kappa shape index (κ2) is 7.92. The quantitative estimate of drug-likeness (QED) is 0.640. The Labute approximate surface area is 169 Å². The van der Waals surface area contributed by atoms with Crippen LogP contribution in [0.5, 0.6) is 0 Å². The van der Waals surface area contributed by atoms with Gasteiger partial charge in [-0.05, 0) is 36.8 Å². The Balaban J connectivity index is 1.45. The topological polar surface area (TPSA) is 71.3 Å². The molecule has 7 nitrogen and oxygen atoms in total. The molecular weight excluding hydrogens is 393 g/mol. The van der Waals surface area contributed by atoms with Crippen LogP contribution in [-0.2, 0) is 15.8 Å². The Hall–Kier alpha value is -2.78. The average Bonchev–Trinajstić information content (AvgIpc) is 3.24. The number of aryl methyl sites for hydroxylation is 1. The van der Waals surface area contributed by atoms with Crippen LogP contribution in [0.25, 0.3) is 5.82 Å². The molecule has 3 aromatic rings. The minimum Gasteiger partial charge on any atom is -0.354 e. The molecule has 0 aliphatic carbocycles. The van der Waals surface area contributed by atoms with E-state index in [2.05, 4.69) is 14.9 Å². The van der Waals surface area contributed by atoms with Crippen molar-refractivity contribution in [3.8, 4) is 5.82 Å². The molecule has 9 heteroatoms. The SMILES string of the molecule is Cc1nc(N2CCN(S(=O)(=O)Cc3ccc(F)cc3)CC2)cc(-n2cccc2)n1. The second-order valence-electron chi connectivity index (χ2n) is 6.99. The molecule has 29 heavy (non-hydrogen) atoms. The molecule has 0 spiro atoms. The van der Waals surface area contributed by atoms with Crippen LogP contribution in [-0.4, -0.2) is 53.4 Å². The van der Waals surface area contributed by atoms with Crippen LogP contribution in [0.1, 0.15) is 11.4 Å². The molecule has 1 aliphatic rings. The van der Waals surface area contributed by atoms with E-state index in [4.69, 9.17) is 0 Å². The molecule has 0 radical (unpaired) electrons. The molecule has 1 aromatic carbocycles. The summed E-state index contributed by atoms with van der Waals surface area (Å²) in [6, 6.07) is 11.4. The molecule has 1 aliphatic heterocycles. The van der Waals surface area contributed by atoms with Crippen LogP contribution in [0.4, 0.5) is 10.2 Å². The number of benzene rings is 1. The molecule has 1 fully saturated rings. The minimum atomic E-state index is -3.46. The predicted octanol–water partition coefficient (Wildman–Crippen LogP) is 2.37. The Bertz CT molecular complexity index is 1080. The largest absolute Gasteiger partial charge is 0.354 e. The van der Waals surface area contributed by atoms with Crippen molar-refractivity contribution in [2.45, 2.75) is 12.7 Å². The lowest BCUT2D eigenvalue weighted by Crippen LogP contribution is -2.49. The van der Waals surface area contributed by atoms with Crippen molar-refractivity contribution in [2.24, 2.45) is 0 Å². The smallest absolute Gasteiger partial charge is 0.218 e. The van der Waals surface area contributed by atoms with Gasteiger partial charge in [0, 0.05) is 44.6 Å². The van der Waals surface area contributed by atoms with Gasteiger partial charge in [0.05, 0.1) is 5.75 Å². The van der Waals surface area contributed by atoms with Crippen molar-refractivity contribution in [1.82, 2.24) is 18.8 Å². The van der Waals surface area contributed by atoms with E-state index < -0.39 is 10.0 Å². The van der Waals surface area contributed by atoms with Gasteiger partial charge >= 0.3 is 0 Å². The van der Waals surface area contributed by atoms with E-state index in [1.54, 1.807) is 0 Å². The lowest BCUT2D eigenvalue weighted by molar-refractivity contribution is 0.383. The third-order valence-corrected chi connectivity index (χ3v) is 6.75. The van der Waals surface area contributed by atoms with E-state index in [0.29, 0.717) is 37.6 Å². The zero-order chi connectivity index (χ0) is 20.4. The van der Waals surface area contributed by atoms with Crippen LogP contribution in [0, 0.1) is 12.7 Å². The average molecular weight is 415 g/mol. The molecule has 0 unspecified atom stereocenters. The summed E-state index contributed by atoms with van der Waals surface area (Å²) >= 11 is 0. The maximum atomic E-state index is 13.0. The first kappa shape index (κ1) is 19.5. The van der Waals surface area contributed by atoms with Gasteiger partial charge in [0.2, 0.25) is 10.0 Å². The molecular formula is C20H22FN5O2S. The number of piperazine rings is 1. The van der Waals surface area contributed by atoms with Crippen molar-refractivity contribution >= 4 is 15.8 Å². The molecule has 0 amide bonds. The highest BCUT2D eigenvalue weighted by atomic mass is 32.2. The molecule has 0 bridgehead atoms. The molecule has 2 aromatic heterocycles. The van der Waals surface area contributed by atoms with E-state index in [9.17, 15) is 12.8 Å². The standard InChI is InChI=1S/C20H22FN5O2S/c1-16-22-19(24-8-2-3-9-24)14-20(23-16)25-10-12-26(13-11-25)29(27,28)15-17-4-6-18(21)7-5-17/h2-9,14H,10-13,15H2,1H3. The van der Waals surface area contributed by atoms with Crippen molar-refractivity contribution in [2.75, 3.05) is 31.1 Å². The van der Waals surface area contributed by atoms with Crippen molar-refractivity contribution in [1.29, 1.82) is 0 Å². The maximum absolute atomic E-state index is 13.0. The van der Waals surface area contributed by atoms with Gasteiger partial charge in [0.15, 0.2) is 0 Å². The Kier molecular flexibility index (Phi) is 5.33. The third-order valence-electron chi connectivity index (χ3n) is 4.90. The monoisotopic (exact) mass is 415 g/mol. The number of halogens is 1. The van der Waals surface area contributed by atoms with Gasteiger partial charge in [-0.2, -0.15) is 4.31 Å². The van der Waals surface area contributed by atoms with Gasteiger partial charge in [-0.1, -0.05) is 12.1 Å². The first-order valence-corrected chi connectivity index (χ1v) is 11.0. The van der Waals surface area contributed by atoms with Crippen LogP contribution in [0.2, 0.25) is 0 Å². The summed E-state index contributed by atoms with van der Waals surface area (Å²) in [5.74, 6) is 1.73. The molecule has 0 saturated carbocycles. The Morgan fingerprint density at radius 2 is 1.59 bits per heavy atom. The number of nitrogens with zero attached hydrogens (tertiary/aromatic N) is 5. The molecule has 4 rings (SSSR count). The summed E-state index contributed by atoms with van der Waals surface area (Å²) < 4.78 is 41.9. The number of hydrogen-bond acceptors (Lipinski definition) is 5. The number of rotatable bonds is 5. The minimum absolute atomic E-state index is 0.127. The zero-order valence-electron chi connectivity index (χ0n) is 16.1. The zero-order valence-corrected chi connectivity index (χ0v) is 16.9. The number of hydrogen-bond donors (Lipinski definition) is 0. The molecule has 0 N–H and O–H groups in total. The summed E-state index contributed by atoms with van der Waals surface area (Å²) in [5.41, 5.74) is 0.580. The van der Waals surface area contributed by atoms with Gasteiger partial charge in [0.1, 0.15) is 23.3 Å². The first-order chi connectivity index (χ1) is 13.9. The second-order valence-corrected chi connectivity index (χ2v) is 8.96. The van der Waals surface area contributed by atoms with Crippen LogP contribution < -0.4 is 4.90 Å². The molecule has 3 heterocycles. The molecule has 0 atom stereocenters. The van der Waals surface area contributed by atoms with E-state index in [1.165, 1.54) is 28.6 Å². The van der Waals surface area contributed by atoms with Crippen LogP contribution >= 0.6 is 0 Å². The van der Waals surface area contributed by atoms with Gasteiger partial charge in [-0.15, -0.1) is 0 Å². The third kappa shape index (κ3) is 4.46. The van der Waals surface area contributed by atoms with Crippen molar-refractivity contribution in [3.05, 3.63) is 72.1 Å². The molecule has 1 saturated heterocycles. The Morgan fingerprint density at radius 1 is 0.966 bits per heavy atom.